The van der Waals surface area contributed by atoms with E-state index in [9.17, 15) is 10.1 Å². The summed E-state index contributed by atoms with van der Waals surface area (Å²) >= 11 is 7.01. The Labute approximate surface area is 122 Å². The molecule has 0 radical (unpaired) electrons. The van der Waals surface area contributed by atoms with Gasteiger partial charge in [-0.1, -0.05) is 11.6 Å². The van der Waals surface area contributed by atoms with Crippen molar-refractivity contribution in [1.29, 1.82) is 0 Å². The van der Waals surface area contributed by atoms with Gasteiger partial charge in [-0.2, -0.15) is 0 Å². The second-order valence-electron chi connectivity index (χ2n) is 3.89. The molecule has 1 aromatic carbocycles. The Balaban J connectivity index is 1.99. The number of fused-ring (bicyclic) bond motifs is 1. The quantitative estimate of drug-likeness (QED) is 0.589. The largest absolute Gasteiger partial charge is 0.333 e. The van der Waals surface area contributed by atoms with Crippen LogP contribution in [0.2, 0.25) is 5.02 Å². The van der Waals surface area contributed by atoms with E-state index in [4.69, 9.17) is 11.6 Å². The molecule has 0 unspecified atom stereocenters. The highest BCUT2D eigenvalue weighted by Gasteiger charge is 2.17. The molecule has 0 atom stereocenters. The minimum absolute atomic E-state index is 0.0454. The summed E-state index contributed by atoms with van der Waals surface area (Å²) in [5.74, 6) is 0. The summed E-state index contributed by atoms with van der Waals surface area (Å²) in [6, 6.07) is 8.21. The van der Waals surface area contributed by atoms with Crippen LogP contribution in [0.1, 0.15) is 0 Å². The summed E-state index contributed by atoms with van der Waals surface area (Å²) in [7, 11) is 0. The lowest BCUT2D eigenvalue weighted by atomic mass is 10.3. The number of pyridine rings is 1. The summed E-state index contributed by atoms with van der Waals surface area (Å²) in [4.78, 5) is 21.9. The van der Waals surface area contributed by atoms with Gasteiger partial charge in [0.25, 0.3) is 0 Å². The molecule has 0 spiro atoms. The van der Waals surface area contributed by atoms with E-state index >= 15 is 0 Å². The van der Waals surface area contributed by atoms with E-state index in [-0.39, 0.29) is 5.69 Å². The summed E-state index contributed by atoms with van der Waals surface area (Å²) < 4.78 is 0. The fourth-order valence-corrected chi connectivity index (χ4v) is 2.72. The number of rotatable bonds is 3. The molecule has 3 rings (SSSR count). The summed E-state index contributed by atoms with van der Waals surface area (Å²) in [5.41, 5.74) is 1.48. The third-order valence-electron chi connectivity index (χ3n) is 2.56. The van der Waals surface area contributed by atoms with Crippen molar-refractivity contribution in [3.63, 3.8) is 0 Å². The molecule has 6 nitrogen and oxygen atoms in total. The molecule has 0 aliphatic rings. The first kappa shape index (κ1) is 12.9. The van der Waals surface area contributed by atoms with Crippen molar-refractivity contribution in [1.82, 2.24) is 15.0 Å². The van der Waals surface area contributed by atoms with Crippen LogP contribution < -0.4 is 0 Å². The fourth-order valence-electron chi connectivity index (χ4n) is 1.70. The van der Waals surface area contributed by atoms with Crippen LogP contribution in [0.15, 0.2) is 46.7 Å². The van der Waals surface area contributed by atoms with Crippen LogP contribution in [0.4, 0.5) is 5.69 Å². The van der Waals surface area contributed by atoms with Crippen LogP contribution in [-0.4, -0.2) is 19.9 Å². The van der Waals surface area contributed by atoms with Crippen molar-refractivity contribution < 1.29 is 4.92 Å². The minimum Gasteiger partial charge on any atom is -0.333 e. The molecule has 100 valence electrons. The topological polar surface area (TPSA) is 84.7 Å². The fraction of sp³-hybridized carbons (Fsp3) is 0. The van der Waals surface area contributed by atoms with Gasteiger partial charge in [0, 0.05) is 17.3 Å². The van der Waals surface area contributed by atoms with Crippen LogP contribution in [0, 0.1) is 10.1 Å². The molecule has 0 saturated carbocycles. The zero-order chi connectivity index (χ0) is 14.1. The predicted octanol–water partition coefficient (Wildman–Crippen LogP) is 3.67. The lowest BCUT2D eigenvalue weighted by Crippen LogP contribution is -1.92. The van der Waals surface area contributed by atoms with E-state index in [1.165, 1.54) is 18.3 Å². The van der Waals surface area contributed by atoms with Crippen molar-refractivity contribution in [2.75, 3.05) is 0 Å². The van der Waals surface area contributed by atoms with E-state index in [2.05, 4.69) is 15.0 Å². The lowest BCUT2D eigenvalue weighted by molar-refractivity contribution is -0.388. The van der Waals surface area contributed by atoms with E-state index in [1.54, 1.807) is 18.2 Å². The molecule has 1 N–H and O–H groups in total. The number of benzene rings is 1. The number of aromatic amines is 1. The van der Waals surface area contributed by atoms with E-state index in [0.717, 1.165) is 22.8 Å². The monoisotopic (exact) mass is 306 g/mol. The third kappa shape index (κ3) is 2.45. The first-order valence-electron chi connectivity index (χ1n) is 5.56. The minimum atomic E-state index is -0.463. The smallest absolute Gasteiger partial charge is 0.301 e. The summed E-state index contributed by atoms with van der Waals surface area (Å²) in [5, 5.41) is 12.4. The van der Waals surface area contributed by atoms with Gasteiger partial charge < -0.3 is 4.98 Å². The van der Waals surface area contributed by atoms with Gasteiger partial charge >= 0.3 is 5.69 Å². The van der Waals surface area contributed by atoms with Crippen molar-refractivity contribution in [3.8, 4) is 0 Å². The molecule has 0 saturated heterocycles. The van der Waals surface area contributed by atoms with Crippen molar-refractivity contribution in [2.45, 2.75) is 10.2 Å². The number of halogens is 1. The Hall–Kier alpha value is -2.12. The van der Waals surface area contributed by atoms with Gasteiger partial charge in [-0.25, -0.2) is 9.97 Å². The number of hydrogen-bond donors (Lipinski definition) is 1. The maximum Gasteiger partial charge on any atom is 0.301 e. The normalized spacial score (nSPS) is 10.8. The summed E-state index contributed by atoms with van der Waals surface area (Å²) in [6.45, 7) is 0. The number of aromatic nitrogens is 3. The van der Waals surface area contributed by atoms with Gasteiger partial charge in [0.1, 0.15) is 0 Å². The molecule has 2 heterocycles. The van der Waals surface area contributed by atoms with Crippen molar-refractivity contribution in [3.05, 3.63) is 51.7 Å². The highest BCUT2D eigenvalue weighted by atomic mass is 35.5. The van der Waals surface area contributed by atoms with Crippen molar-refractivity contribution >= 4 is 40.1 Å². The average molecular weight is 307 g/mol. The first-order chi connectivity index (χ1) is 9.63. The maximum absolute atomic E-state index is 10.9. The number of nitrogens with one attached hydrogen (secondary N) is 1. The number of hydrogen-bond acceptors (Lipinski definition) is 5. The molecule has 2 aromatic heterocycles. The van der Waals surface area contributed by atoms with Crippen molar-refractivity contribution in [2.24, 2.45) is 0 Å². The van der Waals surface area contributed by atoms with Gasteiger partial charge in [0.15, 0.2) is 10.2 Å². The van der Waals surface area contributed by atoms with Gasteiger partial charge in [-0.3, -0.25) is 10.1 Å². The van der Waals surface area contributed by atoms with Crippen LogP contribution >= 0.6 is 23.4 Å². The zero-order valence-electron chi connectivity index (χ0n) is 9.91. The number of nitro groups is 1. The predicted molar refractivity (Wildman–Crippen MR) is 76.1 cm³/mol. The Morgan fingerprint density at radius 2 is 2.20 bits per heavy atom. The number of nitrogens with zero attached hydrogens (tertiary/aromatic N) is 3. The molecule has 0 amide bonds. The highest BCUT2D eigenvalue weighted by Crippen LogP contribution is 2.32. The maximum atomic E-state index is 10.9. The van der Waals surface area contributed by atoms with Gasteiger partial charge in [-0.15, -0.1) is 0 Å². The van der Waals surface area contributed by atoms with Crippen LogP contribution in [0.3, 0.4) is 0 Å². The van der Waals surface area contributed by atoms with Crippen LogP contribution in [-0.2, 0) is 0 Å². The second kappa shape index (κ2) is 5.10. The molecule has 0 bridgehead atoms. The van der Waals surface area contributed by atoms with Crippen LogP contribution in [0.5, 0.6) is 0 Å². The van der Waals surface area contributed by atoms with Gasteiger partial charge in [-0.05, 0) is 36.0 Å². The first-order valence-corrected chi connectivity index (χ1v) is 6.75. The standard InChI is InChI=1S/C12H7ClN4O2S/c13-7-3-4-8-9(6-7)16-12(15-8)20-11-10(17(18)19)2-1-5-14-11/h1-6H,(H,15,16). The molecule has 3 aromatic rings. The highest BCUT2D eigenvalue weighted by molar-refractivity contribution is 7.99. The molecular formula is C12H7ClN4O2S. The van der Waals surface area contributed by atoms with E-state index in [0.29, 0.717) is 15.2 Å². The SMILES string of the molecule is O=[N+]([O-])c1cccnc1Sc1nc2ccc(Cl)cc2[nH]1. The number of imidazole rings is 1. The Bertz CT molecular complexity index is 805. The Morgan fingerprint density at radius 3 is 3.00 bits per heavy atom. The second-order valence-corrected chi connectivity index (χ2v) is 5.30. The lowest BCUT2D eigenvalue weighted by Gasteiger charge is -1.97. The molecule has 0 fully saturated rings. The molecule has 8 heteroatoms. The van der Waals surface area contributed by atoms with Gasteiger partial charge in [0.05, 0.1) is 16.0 Å². The summed E-state index contributed by atoms with van der Waals surface area (Å²) in [6.07, 6.45) is 1.51. The molecule has 0 aliphatic carbocycles. The zero-order valence-corrected chi connectivity index (χ0v) is 11.5. The van der Waals surface area contributed by atoms with Gasteiger partial charge in [0.2, 0.25) is 0 Å². The Morgan fingerprint density at radius 1 is 1.35 bits per heavy atom. The molecule has 20 heavy (non-hydrogen) atoms. The number of H-pyrrole nitrogens is 1. The van der Waals surface area contributed by atoms with E-state index in [1.807, 2.05) is 0 Å². The third-order valence-corrected chi connectivity index (χ3v) is 3.69. The molecule has 0 aliphatic heterocycles. The molecular weight excluding hydrogens is 300 g/mol. The Kier molecular flexibility index (Phi) is 3.29. The van der Waals surface area contributed by atoms with E-state index < -0.39 is 4.92 Å². The average Bonchev–Trinajstić information content (AvgIpc) is 2.80. The van der Waals surface area contributed by atoms with Crippen LogP contribution in [0.25, 0.3) is 11.0 Å².